The first-order valence-corrected chi connectivity index (χ1v) is 12.3. The molecule has 0 amide bonds. The Morgan fingerprint density at radius 2 is 1.85 bits per heavy atom. The molecular formula is C25H31N7O2. The van der Waals surface area contributed by atoms with Crippen LogP contribution in [0, 0.1) is 0 Å². The van der Waals surface area contributed by atoms with Gasteiger partial charge in [0.05, 0.1) is 22.7 Å². The molecule has 2 saturated heterocycles. The van der Waals surface area contributed by atoms with E-state index in [-0.39, 0.29) is 0 Å². The molecule has 6 rings (SSSR count). The zero-order chi connectivity index (χ0) is 22.9. The van der Waals surface area contributed by atoms with E-state index in [0.29, 0.717) is 6.04 Å². The first kappa shape index (κ1) is 21.4. The molecule has 2 aliphatic heterocycles. The van der Waals surface area contributed by atoms with Crippen LogP contribution >= 0.6 is 0 Å². The number of aryl methyl sites for hydroxylation is 1. The highest BCUT2D eigenvalue weighted by atomic mass is 16.5. The van der Waals surface area contributed by atoms with Crippen LogP contribution in [0.3, 0.4) is 0 Å². The second-order valence-electron chi connectivity index (χ2n) is 9.15. The number of pyridine rings is 1. The molecule has 4 aromatic rings. The maximum absolute atomic E-state index is 5.57. The second kappa shape index (κ2) is 9.23. The van der Waals surface area contributed by atoms with E-state index in [1.807, 2.05) is 35.3 Å². The van der Waals surface area contributed by atoms with E-state index in [1.165, 1.54) is 11.3 Å². The summed E-state index contributed by atoms with van der Waals surface area (Å²) in [6, 6.07) is 8.49. The van der Waals surface area contributed by atoms with Crippen molar-refractivity contribution >= 4 is 33.5 Å². The van der Waals surface area contributed by atoms with Crippen molar-refractivity contribution in [1.82, 2.24) is 24.8 Å². The zero-order valence-corrected chi connectivity index (χ0v) is 19.6. The highest BCUT2D eigenvalue weighted by Crippen LogP contribution is 2.30. The predicted molar refractivity (Wildman–Crippen MR) is 132 cm³/mol. The molecular weight excluding hydrogens is 430 g/mol. The van der Waals surface area contributed by atoms with E-state index in [4.69, 9.17) is 14.2 Å². The molecule has 9 nitrogen and oxygen atoms in total. The predicted octanol–water partition coefficient (Wildman–Crippen LogP) is 3.51. The third-order valence-electron chi connectivity index (χ3n) is 7.04. The molecule has 1 N–H and O–H groups in total. The van der Waals surface area contributed by atoms with Crippen LogP contribution in [0.5, 0.6) is 0 Å². The van der Waals surface area contributed by atoms with Gasteiger partial charge in [-0.2, -0.15) is 5.10 Å². The van der Waals surface area contributed by atoms with Crippen LogP contribution in [-0.4, -0.2) is 70.3 Å². The summed E-state index contributed by atoms with van der Waals surface area (Å²) in [5.74, 6) is 0.951. The summed E-state index contributed by atoms with van der Waals surface area (Å²) in [7, 11) is 0. The summed E-state index contributed by atoms with van der Waals surface area (Å²) in [6.45, 7) is 9.16. The Labute approximate surface area is 198 Å². The number of hydrogen-bond donors (Lipinski definition) is 1. The van der Waals surface area contributed by atoms with E-state index in [1.54, 1.807) is 0 Å². The Morgan fingerprint density at radius 1 is 1.03 bits per heavy atom. The van der Waals surface area contributed by atoms with E-state index < -0.39 is 0 Å². The van der Waals surface area contributed by atoms with Crippen molar-refractivity contribution < 1.29 is 9.26 Å². The lowest BCUT2D eigenvalue weighted by molar-refractivity contribution is 0.0904. The average Bonchev–Trinajstić information content (AvgIpc) is 3.51. The van der Waals surface area contributed by atoms with E-state index in [2.05, 4.69) is 38.4 Å². The van der Waals surface area contributed by atoms with Crippen LogP contribution in [0.4, 0.5) is 11.5 Å². The van der Waals surface area contributed by atoms with Gasteiger partial charge in [-0.25, -0.2) is 9.67 Å². The van der Waals surface area contributed by atoms with Crippen molar-refractivity contribution in [3.05, 3.63) is 42.2 Å². The molecule has 0 unspecified atom stereocenters. The Balaban J connectivity index is 1.21. The third-order valence-corrected chi connectivity index (χ3v) is 7.04. The zero-order valence-electron chi connectivity index (χ0n) is 19.6. The van der Waals surface area contributed by atoms with Crippen molar-refractivity contribution in [3.8, 4) is 0 Å². The average molecular weight is 462 g/mol. The van der Waals surface area contributed by atoms with E-state index >= 15 is 0 Å². The summed E-state index contributed by atoms with van der Waals surface area (Å²) in [4.78, 5) is 9.63. The number of aromatic nitrogens is 4. The third kappa shape index (κ3) is 3.99. The SMILES string of the molecule is CCn1ncc2c(NC3CCOCC3)c(CN3CCN(c4noc5ccccc45)CC3)cnc21. The summed E-state index contributed by atoms with van der Waals surface area (Å²) in [6.07, 6.45) is 6.05. The highest BCUT2D eigenvalue weighted by Gasteiger charge is 2.24. The fraction of sp³-hybridized carbons (Fsp3) is 0.480. The molecule has 2 fully saturated rings. The van der Waals surface area contributed by atoms with Gasteiger partial charge in [0.2, 0.25) is 0 Å². The Morgan fingerprint density at radius 3 is 2.68 bits per heavy atom. The van der Waals surface area contributed by atoms with Gasteiger partial charge in [0.1, 0.15) is 0 Å². The van der Waals surface area contributed by atoms with Crippen LogP contribution < -0.4 is 10.2 Å². The Hall–Kier alpha value is -3.17. The lowest BCUT2D eigenvalue weighted by Gasteiger charge is -2.35. The number of nitrogens with one attached hydrogen (secondary N) is 1. The number of para-hydroxylation sites is 1. The minimum Gasteiger partial charge on any atom is -0.381 e. The standard InChI is InChI=1S/C25H31N7O2/c1-2-32-24-21(16-27-32)23(28-19-7-13-33-14-8-19)18(15-26-24)17-30-9-11-31(12-10-30)25-20-5-3-4-6-22(20)34-29-25/h3-6,15-16,19H,2,7-14,17H2,1H3,(H,26,28). The fourth-order valence-electron chi connectivity index (χ4n) is 5.10. The Kier molecular flexibility index (Phi) is 5.80. The van der Waals surface area contributed by atoms with Gasteiger partial charge in [0, 0.05) is 70.3 Å². The summed E-state index contributed by atoms with van der Waals surface area (Å²) in [5.41, 5.74) is 4.20. The molecule has 0 spiro atoms. The summed E-state index contributed by atoms with van der Waals surface area (Å²) in [5, 5.41) is 14.9. The van der Waals surface area contributed by atoms with Crippen molar-refractivity contribution in [2.24, 2.45) is 0 Å². The molecule has 0 saturated carbocycles. The molecule has 0 bridgehead atoms. The van der Waals surface area contributed by atoms with Crippen molar-refractivity contribution in [3.63, 3.8) is 0 Å². The maximum atomic E-state index is 5.57. The van der Waals surface area contributed by atoms with Gasteiger partial charge in [0.15, 0.2) is 17.0 Å². The van der Waals surface area contributed by atoms with E-state index in [0.717, 1.165) is 93.1 Å². The van der Waals surface area contributed by atoms with Crippen LogP contribution in [0.2, 0.25) is 0 Å². The van der Waals surface area contributed by atoms with Crippen molar-refractivity contribution in [1.29, 1.82) is 0 Å². The molecule has 1 aromatic carbocycles. The minimum atomic E-state index is 0.417. The highest BCUT2D eigenvalue weighted by molar-refractivity contribution is 5.91. The molecule has 34 heavy (non-hydrogen) atoms. The van der Waals surface area contributed by atoms with Crippen LogP contribution in [0.25, 0.3) is 22.0 Å². The smallest absolute Gasteiger partial charge is 0.180 e. The number of hydrogen-bond acceptors (Lipinski definition) is 8. The first-order valence-electron chi connectivity index (χ1n) is 12.3. The van der Waals surface area contributed by atoms with Gasteiger partial charge in [-0.05, 0) is 31.9 Å². The number of rotatable bonds is 6. The van der Waals surface area contributed by atoms with Crippen LogP contribution in [0.15, 0.2) is 41.2 Å². The quantitative estimate of drug-likeness (QED) is 0.467. The molecule has 0 radical (unpaired) electrons. The number of benzene rings is 1. The molecule has 0 aliphatic carbocycles. The van der Waals surface area contributed by atoms with Crippen LogP contribution in [0.1, 0.15) is 25.3 Å². The lowest BCUT2D eigenvalue weighted by atomic mass is 10.1. The molecule has 0 atom stereocenters. The fourth-order valence-corrected chi connectivity index (χ4v) is 5.10. The van der Waals surface area contributed by atoms with Gasteiger partial charge in [-0.15, -0.1) is 0 Å². The van der Waals surface area contributed by atoms with Gasteiger partial charge >= 0.3 is 0 Å². The molecule has 9 heteroatoms. The summed E-state index contributed by atoms with van der Waals surface area (Å²) >= 11 is 0. The normalized spacial score (nSPS) is 18.2. The number of ether oxygens (including phenoxy) is 1. The lowest BCUT2D eigenvalue weighted by Crippen LogP contribution is -2.46. The largest absolute Gasteiger partial charge is 0.381 e. The van der Waals surface area contributed by atoms with Gasteiger partial charge < -0.3 is 19.5 Å². The molecule has 3 aromatic heterocycles. The summed E-state index contributed by atoms with van der Waals surface area (Å²) < 4.78 is 13.1. The maximum Gasteiger partial charge on any atom is 0.180 e. The van der Waals surface area contributed by atoms with Gasteiger partial charge in [-0.1, -0.05) is 17.3 Å². The molecule has 178 valence electrons. The number of fused-ring (bicyclic) bond motifs is 2. The topological polar surface area (TPSA) is 84.5 Å². The number of piperazine rings is 1. The first-order chi connectivity index (χ1) is 16.8. The van der Waals surface area contributed by atoms with Crippen LogP contribution in [-0.2, 0) is 17.8 Å². The van der Waals surface area contributed by atoms with Gasteiger partial charge in [0.25, 0.3) is 0 Å². The molecule has 2 aliphatic rings. The van der Waals surface area contributed by atoms with Gasteiger partial charge in [-0.3, -0.25) is 4.90 Å². The van der Waals surface area contributed by atoms with E-state index in [9.17, 15) is 0 Å². The number of nitrogens with zero attached hydrogens (tertiary/aromatic N) is 6. The Bertz CT molecular complexity index is 1270. The number of anilines is 2. The minimum absolute atomic E-state index is 0.417. The second-order valence-corrected chi connectivity index (χ2v) is 9.15. The molecule has 5 heterocycles. The monoisotopic (exact) mass is 461 g/mol. The van der Waals surface area contributed by atoms with Crippen molar-refractivity contribution in [2.75, 3.05) is 49.6 Å². The van der Waals surface area contributed by atoms with Crippen molar-refractivity contribution in [2.45, 2.75) is 38.9 Å².